The van der Waals surface area contributed by atoms with Gasteiger partial charge in [-0.25, -0.2) is 9.59 Å². The van der Waals surface area contributed by atoms with Crippen molar-refractivity contribution in [2.75, 3.05) is 13.1 Å². The number of carboxylic acids is 1. The summed E-state index contributed by atoms with van der Waals surface area (Å²) in [4.78, 5) is 48.2. The van der Waals surface area contributed by atoms with E-state index in [-0.39, 0.29) is 19.5 Å². The lowest BCUT2D eigenvalue weighted by Gasteiger charge is -2.35. The van der Waals surface area contributed by atoms with E-state index >= 15 is 0 Å². The van der Waals surface area contributed by atoms with Crippen LogP contribution < -0.4 is 5.32 Å². The van der Waals surface area contributed by atoms with E-state index in [0.717, 1.165) is 9.80 Å². The van der Waals surface area contributed by atoms with Crippen LogP contribution >= 0.6 is 0 Å². The first kappa shape index (κ1) is 14.3. The Kier molecular flexibility index (Phi) is 3.62. The Morgan fingerprint density at radius 3 is 2.55 bits per heavy atom. The number of β-amino-alcohol motifs (C(OH)–C–C–N with tert-alkyl or cyclic N) is 1. The number of rotatable bonds is 1. The number of carbonyl (C=O) groups is 4. The van der Waals surface area contributed by atoms with E-state index in [1.165, 1.54) is 6.92 Å². The van der Waals surface area contributed by atoms with Crippen LogP contribution in [0, 0.1) is 0 Å². The molecule has 0 saturated carbocycles. The largest absolute Gasteiger partial charge is 0.480 e. The van der Waals surface area contributed by atoms with Crippen LogP contribution in [0.25, 0.3) is 0 Å². The van der Waals surface area contributed by atoms with Gasteiger partial charge >= 0.3 is 12.0 Å². The number of urea groups is 1. The van der Waals surface area contributed by atoms with Gasteiger partial charge in [0.15, 0.2) is 0 Å². The molecule has 1 unspecified atom stereocenters. The van der Waals surface area contributed by atoms with Gasteiger partial charge in [-0.3, -0.25) is 14.9 Å². The molecule has 0 spiro atoms. The lowest BCUT2D eigenvalue weighted by molar-refractivity contribution is -0.141. The molecule has 4 amide bonds. The number of hydrogen-bond donors (Lipinski definition) is 3. The Hall–Kier alpha value is -2.16. The zero-order valence-electron chi connectivity index (χ0n) is 10.8. The van der Waals surface area contributed by atoms with Crippen molar-refractivity contribution in [1.29, 1.82) is 0 Å². The number of aliphatic hydroxyl groups excluding tert-OH is 1. The minimum Gasteiger partial charge on any atom is -0.480 e. The molecule has 3 N–H and O–H groups in total. The fourth-order valence-electron chi connectivity index (χ4n) is 2.37. The molecular weight excluding hydrogens is 270 g/mol. The molecule has 2 saturated heterocycles. The fraction of sp³-hybridized carbons (Fsp3) is 0.636. The third-order valence-corrected chi connectivity index (χ3v) is 3.48. The van der Waals surface area contributed by atoms with Crippen LogP contribution in [0.2, 0.25) is 0 Å². The topological polar surface area (TPSA) is 127 Å². The zero-order valence-corrected chi connectivity index (χ0v) is 10.8. The number of carboxylic acid groups (broad SMARTS) is 1. The van der Waals surface area contributed by atoms with Crippen molar-refractivity contribution in [2.24, 2.45) is 0 Å². The molecule has 2 rings (SSSR count). The van der Waals surface area contributed by atoms with Crippen LogP contribution in [0.3, 0.4) is 0 Å². The predicted molar refractivity (Wildman–Crippen MR) is 63.5 cm³/mol. The molecule has 0 aromatic carbocycles. The Bertz CT molecular complexity index is 479. The Morgan fingerprint density at radius 2 is 1.95 bits per heavy atom. The van der Waals surface area contributed by atoms with Gasteiger partial charge in [0.05, 0.1) is 6.10 Å². The van der Waals surface area contributed by atoms with Gasteiger partial charge < -0.3 is 20.0 Å². The standard InChI is InChI=1S/C11H15N3O6/c1-5-9(17)12-8(16)4-13(5)11(20)14-3-6(15)2-7(14)10(18)19/h5-7,15H,2-4H2,1H3,(H,18,19)(H,12,16,17)/t5?,6-,7-/m1/s1. The highest BCUT2D eigenvalue weighted by Gasteiger charge is 2.44. The van der Waals surface area contributed by atoms with Crippen LogP contribution in [-0.2, 0) is 14.4 Å². The van der Waals surface area contributed by atoms with E-state index in [9.17, 15) is 24.3 Å². The molecule has 110 valence electrons. The first-order valence-corrected chi connectivity index (χ1v) is 6.13. The number of nitrogens with zero attached hydrogens (tertiary/aromatic N) is 2. The third kappa shape index (κ3) is 2.44. The Morgan fingerprint density at radius 1 is 1.30 bits per heavy atom. The highest BCUT2D eigenvalue weighted by molar-refractivity contribution is 6.04. The second kappa shape index (κ2) is 5.08. The lowest BCUT2D eigenvalue weighted by Crippen LogP contribution is -2.62. The fourth-order valence-corrected chi connectivity index (χ4v) is 2.37. The number of aliphatic carboxylic acids is 1. The number of likely N-dealkylation sites (tertiary alicyclic amines) is 1. The number of aliphatic hydroxyl groups is 1. The van der Waals surface area contributed by atoms with E-state index in [4.69, 9.17) is 5.11 Å². The summed E-state index contributed by atoms with van der Waals surface area (Å²) in [6.07, 6.45) is -0.992. The summed E-state index contributed by atoms with van der Waals surface area (Å²) in [5, 5.41) is 20.7. The van der Waals surface area contributed by atoms with Gasteiger partial charge in [0, 0.05) is 13.0 Å². The number of hydrogen-bond acceptors (Lipinski definition) is 5. The molecule has 2 fully saturated rings. The predicted octanol–water partition coefficient (Wildman–Crippen LogP) is -2.03. The third-order valence-electron chi connectivity index (χ3n) is 3.48. The van der Waals surface area contributed by atoms with Crippen molar-refractivity contribution in [3.05, 3.63) is 0 Å². The van der Waals surface area contributed by atoms with Crippen LogP contribution in [-0.4, -0.2) is 75.1 Å². The summed E-state index contributed by atoms with van der Waals surface area (Å²) in [6.45, 7) is 1.00. The van der Waals surface area contributed by atoms with Gasteiger partial charge in [0.2, 0.25) is 11.8 Å². The quantitative estimate of drug-likeness (QED) is 0.477. The molecular formula is C11H15N3O6. The lowest BCUT2D eigenvalue weighted by atomic mass is 10.2. The minimum absolute atomic E-state index is 0.0660. The van der Waals surface area contributed by atoms with E-state index in [2.05, 4.69) is 5.32 Å². The SMILES string of the molecule is CC1C(=O)NC(=O)CN1C(=O)N1C[C@H](O)C[C@@H]1C(=O)O. The Labute approximate surface area is 114 Å². The molecule has 2 heterocycles. The average molecular weight is 285 g/mol. The molecule has 0 aromatic heterocycles. The second-order valence-electron chi connectivity index (χ2n) is 4.89. The first-order valence-electron chi connectivity index (χ1n) is 6.13. The van der Waals surface area contributed by atoms with Crippen molar-refractivity contribution in [3.63, 3.8) is 0 Å². The first-order chi connectivity index (χ1) is 9.31. The molecule has 20 heavy (non-hydrogen) atoms. The summed E-state index contributed by atoms with van der Waals surface area (Å²) in [5.41, 5.74) is 0. The van der Waals surface area contributed by atoms with E-state index in [1.54, 1.807) is 0 Å². The monoisotopic (exact) mass is 285 g/mol. The molecule has 9 heteroatoms. The van der Waals surface area contributed by atoms with E-state index < -0.39 is 42.0 Å². The van der Waals surface area contributed by atoms with Crippen LogP contribution in [0.15, 0.2) is 0 Å². The summed E-state index contributed by atoms with van der Waals surface area (Å²) in [7, 11) is 0. The van der Waals surface area contributed by atoms with Crippen LogP contribution in [0.5, 0.6) is 0 Å². The summed E-state index contributed by atoms with van der Waals surface area (Å²) < 4.78 is 0. The molecule has 0 radical (unpaired) electrons. The summed E-state index contributed by atoms with van der Waals surface area (Å²) >= 11 is 0. The molecule has 2 aliphatic heterocycles. The maximum absolute atomic E-state index is 12.3. The normalized spacial score (nSPS) is 30.4. The molecule has 9 nitrogen and oxygen atoms in total. The maximum Gasteiger partial charge on any atom is 0.326 e. The second-order valence-corrected chi connectivity index (χ2v) is 4.89. The van der Waals surface area contributed by atoms with Crippen molar-refractivity contribution < 1.29 is 29.4 Å². The van der Waals surface area contributed by atoms with Crippen molar-refractivity contribution in [1.82, 2.24) is 15.1 Å². The maximum atomic E-state index is 12.3. The Balaban J connectivity index is 2.19. The van der Waals surface area contributed by atoms with Crippen LogP contribution in [0.1, 0.15) is 13.3 Å². The highest BCUT2D eigenvalue weighted by atomic mass is 16.4. The molecule has 3 atom stereocenters. The van der Waals surface area contributed by atoms with Crippen molar-refractivity contribution in [3.8, 4) is 0 Å². The minimum atomic E-state index is -1.23. The highest BCUT2D eigenvalue weighted by Crippen LogP contribution is 2.21. The van der Waals surface area contributed by atoms with Gasteiger partial charge in [-0.05, 0) is 6.92 Å². The van der Waals surface area contributed by atoms with Gasteiger partial charge in [-0.1, -0.05) is 0 Å². The van der Waals surface area contributed by atoms with Gasteiger partial charge in [0.25, 0.3) is 0 Å². The van der Waals surface area contributed by atoms with Crippen molar-refractivity contribution in [2.45, 2.75) is 31.5 Å². The van der Waals surface area contributed by atoms with E-state index in [1.807, 2.05) is 0 Å². The van der Waals surface area contributed by atoms with Crippen molar-refractivity contribution >= 4 is 23.8 Å². The molecule has 0 aromatic rings. The zero-order chi connectivity index (χ0) is 15.0. The van der Waals surface area contributed by atoms with Gasteiger partial charge in [-0.15, -0.1) is 0 Å². The van der Waals surface area contributed by atoms with Gasteiger partial charge in [0.1, 0.15) is 18.6 Å². The number of nitrogens with one attached hydrogen (secondary N) is 1. The number of piperazine rings is 1. The molecule has 0 bridgehead atoms. The van der Waals surface area contributed by atoms with Crippen LogP contribution in [0.4, 0.5) is 4.79 Å². The number of imide groups is 1. The number of amides is 4. The molecule has 2 aliphatic rings. The number of carbonyl (C=O) groups excluding carboxylic acids is 3. The molecule has 0 aliphatic carbocycles. The average Bonchev–Trinajstić information content (AvgIpc) is 2.75. The summed E-state index contributed by atoms with van der Waals surface area (Å²) in [6, 6.07) is -2.75. The smallest absolute Gasteiger partial charge is 0.326 e. The summed E-state index contributed by atoms with van der Waals surface area (Å²) in [5.74, 6) is -2.45. The van der Waals surface area contributed by atoms with Gasteiger partial charge in [-0.2, -0.15) is 0 Å². The van der Waals surface area contributed by atoms with E-state index in [0.29, 0.717) is 0 Å².